The van der Waals surface area contributed by atoms with Gasteiger partial charge in [-0.2, -0.15) is 0 Å². The quantitative estimate of drug-likeness (QED) is 0.691. The van der Waals surface area contributed by atoms with Crippen molar-refractivity contribution in [2.75, 3.05) is 24.6 Å². The van der Waals surface area contributed by atoms with Crippen molar-refractivity contribution in [1.29, 1.82) is 0 Å². The predicted octanol–water partition coefficient (Wildman–Crippen LogP) is 3.18. The molecule has 0 bridgehead atoms. The van der Waals surface area contributed by atoms with Crippen LogP contribution in [0.1, 0.15) is 36.5 Å². The van der Waals surface area contributed by atoms with Crippen LogP contribution in [0.15, 0.2) is 12.1 Å². The van der Waals surface area contributed by atoms with Gasteiger partial charge in [-0.25, -0.2) is 0 Å². The number of hydrogen-bond acceptors (Lipinski definition) is 2. The molecule has 0 N–H and O–H groups in total. The number of rotatable bonds is 0. The van der Waals surface area contributed by atoms with Crippen LogP contribution in [0.2, 0.25) is 0 Å². The second-order valence-corrected chi connectivity index (χ2v) is 5.63. The zero-order valence-corrected chi connectivity index (χ0v) is 11.0. The molecule has 0 unspecified atom stereocenters. The molecule has 0 amide bonds. The number of nitrogens with zero attached hydrogens (tertiary/aromatic N) is 1. The van der Waals surface area contributed by atoms with E-state index in [9.17, 15) is 0 Å². The summed E-state index contributed by atoms with van der Waals surface area (Å²) < 4.78 is 5.96. The molecule has 0 aromatic heterocycles. The molecule has 3 aliphatic rings. The second-order valence-electron chi connectivity index (χ2n) is 5.63. The molecule has 0 saturated heterocycles. The van der Waals surface area contributed by atoms with Crippen molar-refractivity contribution in [3.8, 4) is 5.75 Å². The summed E-state index contributed by atoms with van der Waals surface area (Å²) in [4.78, 5) is 2.58. The van der Waals surface area contributed by atoms with Crippen LogP contribution in [0.3, 0.4) is 0 Å². The van der Waals surface area contributed by atoms with Gasteiger partial charge in [-0.3, -0.25) is 0 Å². The first-order chi connectivity index (χ1) is 8.84. The molecule has 0 spiro atoms. The molecule has 0 fully saturated rings. The highest BCUT2D eigenvalue weighted by Gasteiger charge is 2.29. The SMILES string of the molecule is CC1=CCOc2c1cc1c3c2CCCN3CCC1. The molecular formula is C16H19NO. The van der Waals surface area contributed by atoms with Crippen LogP contribution in [0.5, 0.6) is 5.75 Å². The molecule has 0 saturated carbocycles. The standard InChI is InChI=1S/C16H19NO/c1-11-6-9-18-16-13-5-3-8-17-7-2-4-12(15(13)17)10-14(11)16/h6,10H,2-5,7-9H2,1H3. The van der Waals surface area contributed by atoms with Gasteiger partial charge in [0, 0.05) is 29.9 Å². The lowest BCUT2D eigenvalue weighted by atomic mass is 9.87. The Bertz CT molecular complexity index is 543. The maximum atomic E-state index is 5.96. The second kappa shape index (κ2) is 3.78. The summed E-state index contributed by atoms with van der Waals surface area (Å²) in [6, 6.07) is 2.39. The van der Waals surface area contributed by atoms with Gasteiger partial charge in [-0.05, 0) is 55.9 Å². The number of allylic oxidation sites excluding steroid dienone is 1. The van der Waals surface area contributed by atoms with Crippen molar-refractivity contribution >= 4 is 11.3 Å². The first-order valence-electron chi connectivity index (χ1n) is 7.08. The van der Waals surface area contributed by atoms with E-state index in [1.54, 1.807) is 5.56 Å². The van der Waals surface area contributed by atoms with Gasteiger partial charge in [-0.15, -0.1) is 0 Å². The summed E-state index contributed by atoms with van der Waals surface area (Å²) in [6.07, 6.45) is 7.20. The van der Waals surface area contributed by atoms with E-state index in [2.05, 4.69) is 24.0 Å². The van der Waals surface area contributed by atoms with E-state index in [0.29, 0.717) is 0 Å². The molecule has 0 radical (unpaired) electrons. The fourth-order valence-electron chi connectivity index (χ4n) is 3.65. The van der Waals surface area contributed by atoms with Crippen molar-refractivity contribution in [3.63, 3.8) is 0 Å². The third-order valence-corrected chi connectivity index (χ3v) is 4.51. The normalized spacial score (nSPS) is 20.7. The highest BCUT2D eigenvalue weighted by molar-refractivity contribution is 5.79. The van der Waals surface area contributed by atoms with Crippen LogP contribution in [-0.4, -0.2) is 19.7 Å². The van der Waals surface area contributed by atoms with Gasteiger partial charge < -0.3 is 9.64 Å². The number of ether oxygens (including phenoxy) is 1. The van der Waals surface area contributed by atoms with Crippen molar-refractivity contribution in [1.82, 2.24) is 0 Å². The zero-order chi connectivity index (χ0) is 12.1. The Labute approximate surface area is 108 Å². The van der Waals surface area contributed by atoms with E-state index in [-0.39, 0.29) is 0 Å². The molecule has 18 heavy (non-hydrogen) atoms. The minimum Gasteiger partial charge on any atom is -0.489 e. The average Bonchev–Trinajstić information content (AvgIpc) is 2.41. The van der Waals surface area contributed by atoms with Gasteiger partial charge in [0.15, 0.2) is 0 Å². The van der Waals surface area contributed by atoms with Crippen LogP contribution in [0.4, 0.5) is 5.69 Å². The predicted molar refractivity (Wildman–Crippen MR) is 74.4 cm³/mol. The Balaban J connectivity index is 1.99. The Hall–Kier alpha value is -1.44. The molecule has 3 heterocycles. The number of anilines is 1. The van der Waals surface area contributed by atoms with E-state index in [4.69, 9.17) is 4.74 Å². The third-order valence-electron chi connectivity index (χ3n) is 4.51. The topological polar surface area (TPSA) is 12.5 Å². The fourth-order valence-corrected chi connectivity index (χ4v) is 3.65. The maximum absolute atomic E-state index is 5.96. The highest BCUT2D eigenvalue weighted by Crippen LogP contribution is 2.45. The summed E-state index contributed by atoms with van der Waals surface area (Å²) in [5, 5.41) is 0. The smallest absolute Gasteiger partial charge is 0.132 e. The number of benzene rings is 1. The largest absolute Gasteiger partial charge is 0.489 e. The average molecular weight is 241 g/mol. The van der Waals surface area contributed by atoms with Gasteiger partial charge >= 0.3 is 0 Å². The van der Waals surface area contributed by atoms with Gasteiger partial charge in [0.2, 0.25) is 0 Å². The molecule has 1 aromatic rings. The summed E-state index contributed by atoms with van der Waals surface area (Å²) in [5.74, 6) is 1.18. The molecule has 4 rings (SSSR count). The Morgan fingerprint density at radius 1 is 1.17 bits per heavy atom. The molecule has 0 aliphatic carbocycles. The fraction of sp³-hybridized carbons (Fsp3) is 0.500. The van der Waals surface area contributed by atoms with Crippen molar-refractivity contribution in [2.45, 2.75) is 32.6 Å². The molecule has 2 heteroatoms. The van der Waals surface area contributed by atoms with Gasteiger partial charge in [0.05, 0.1) is 0 Å². The van der Waals surface area contributed by atoms with Crippen LogP contribution in [-0.2, 0) is 12.8 Å². The number of aryl methyl sites for hydroxylation is 1. The van der Waals surface area contributed by atoms with E-state index >= 15 is 0 Å². The van der Waals surface area contributed by atoms with Crippen LogP contribution >= 0.6 is 0 Å². The number of fused-ring (bicyclic) bond motifs is 2. The van der Waals surface area contributed by atoms with Gasteiger partial charge in [0.25, 0.3) is 0 Å². The lowest BCUT2D eigenvalue weighted by Gasteiger charge is -2.38. The Kier molecular flexibility index (Phi) is 2.20. The first kappa shape index (κ1) is 10.5. The minimum atomic E-state index is 0.741. The Morgan fingerprint density at radius 2 is 2.00 bits per heavy atom. The monoisotopic (exact) mass is 241 g/mol. The van der Waals surface area contributed by atoms with E-state index in [0.717, 1.165) is 6.61 Å². The third kappa shape index (κ3) is 1.35. The molecule has 1 aromatic carbocycles. The zero-order valence-electron chi connectivity index (χ0n) is 11.0. The molecule has 94 valence electrons. The Morgan fingerprint density at radius 3 is 2.89 bits per heavy atom. The summed E-state index contributed by atoms with van der Waals surface area (Å²) >= 11 is 0. The summed E-state index contributed by atoms with van der Waals surface area (Å²) in [5.41, 5.74) is 7.28. The molecular weight excluding hydrogens is 222 g/mol. The lowest BCUT2D eigenvalue weighted by molar-refractivity contribution is 0.351. The molecule has 2 nitrogen and oxygen atoms in total. The van der Waals surface area contributed by atoms with Crippen molar-refractivity contribution in [2.24, 2.45) is 0 Å². The minimum absolute atomic E-state index is 0.741. The van der Waals surface area contributed by atoms with Gasteiger partial charge in [0.1, 0.15) is 12.4 Å². The van der Waals surface area contributed by atoms with E-state index in [1.165, 1.54) is 66.9 Å². The number of hydrogen-bond donors (Lipinski definition) is 0. The summed E-state index contributed by atoms with van der Waals surface area (Å²) in [7, 11) is 0. The highest BCUT2D eigenvalue weighted by atomic mass is 16.5. The summed E-state index contributed by atoms with van der Waals surface area (Å²) in [6.45, 7) is 5.41. The van der Waals surface area contributed by atoms with Crippen LogP contribution < -0.4 is 9.64 Å². The van der Waals surface area contributed by atoms with Crippen molar-refractivity contribution in [3.05, 3.63) is 28.8 Å². The lowest BCUT2D eigenvalue weighted by Crippen LogP contribution is -2.35. The maximum Gasteiger partial charge on any atom is 0.132 e. The van der Waals surface area contributed by atoms with Crippen LogP contribution in [0, 0.1) is 0 Å². The molecule has 0 atom stereocenters. The van der Waals surface area contributed by atoms with Crippen LogP contribution in [0.25, 0.3) is 5.57 Å². The van der Waals surface area contributed by atoms with Crippen molar-refractivity contribution < 1.29 is 4.74 Å². The molecule has 3 aliphatic heterocycles. The first-order valence-corrected chi connectivity index (χ1v) is 7.08. The van der Waals surface area contributed by atoms with E-state index < -0.39 is 0 Å². The van der Waals surface area contributed by atoms with Gasteiger partial charge in [-0.1, -0.05) is 0 Å². The van der Waals surface area contributed by atoms with E-state index in [1.807, 2.05) is 0 Å².